The highest BCUT2D eigenvalue weighted by molar-refractivity contribution is 5.34. The first-order valence-electron chi connectivity index (χ1n) is 6.78. The molecule has 1 aromatic rings. The summed E-state index contributed by atoms with van der Waals surface area (Å²) in [6.07, 6.45) is 1.46. The number of rotatable bonds is 7. The van der Waals surface area contributed by atoms with Crippen molar-refractivity contribution in [1.29, 1.82) is 0 Å². The SMILES string of the molecule is CCOC(CC)(CC)C(N)c1cccc(OC)c1F. The first kappa shape index (κ1) is 15.9. The van der Waals surface area contributed by atoms with Gasteiger partial charge in [0.05, 0.1) is 18.8 Å². The summed E-state index contributed by atoms with van der Waals surface area (Å²) in [6.45, 7) is 6.50. The van der Waals surface area contributed by atoms with E-state index in [-0.39, 0.29) is 5.75 Å². The molecule has 108 valence electrons. The van der Waals surface area contributed by atoms with Crippen LogP contribution < -0.4 is 10.5 Å². The molecule has 0 aliphatic rings. The number of ether oxygens (including phenoxy) is 2. The molecule has 0 spiro atoms. The summed E-state index contributed by atoms with van der Waals surface area (Å²) in [5, 5.41) is 0. The molecule has 0 amide bonds. The molecule has 0 radical (unpaired) electrons. The summed E-state index contributed by atoms with van der Waals surface area (Å²) in [4.78, 5) is 0. The normalized spacial score (nSPS) is 13.4. The molecule has 1 aromatic carbocycles. The van der Waals surface area contributed by atoms with Crippen molar-refractivity contribution in [3.8, 4) is 5.75 Å². The van der Waals surface area contributed by atoms with Crippen LogP contribution in [0.3, 0.4) is 0 Å². The molecule has 1 atom stereocenters. The molecule has 2 N–H and O–H groups in total. The molecule has 4 heteroatoms. The van der Waals surface area contributed by atoms with Gasteiger partial charge in [0.15, 0.2) is 11.6 Å². The molecule has 19 heavy (non-hydrogen) atoms. The number of benzene rings is 1. The summed E-state index contributed by atoms with van der Waals surface area (Å²) < 4.78 is 25.2. The van der Waals surface area contributed by atoms with E-state index in [4.69, 9.17) is 15.2 Å². The summed E-state index contributed by atoms with van der Waals surface area (Å²) in [7, 11) is 1.45. The Morgan fingerprint density at radius 2 is 1.89 bits per heavy atom. The van der Waals surface area contributed by atoms with Crippen molar-refractivity contribution in [3.05, 3.63) is 29.6 Å². The molecule has 0 aliphatic carbocycles. The molecule has 1 rings (SSSR count). The highest BCUT2D eigenvalue weighted by Crippen LogP contribution is 2.36. The fraction of sp³-hybridized carbons (Fsp3) is 0.600. The van der Waals surface area contributed by atoms with E-state index in [0.29, 0.717) is 12.2 Å². The van der Waals surface area contributed by atoms with Crippen molar-refractivity contribution in [2.75, 3.05) is 13.7 Å². The van der Waals surface area contributed by atoms with E-state index in [2.05, 4.69) is 0 Å². The van der Waals surface area contributed by atoms with Crippen LogP contribution in [0.15, 0.2) is 18.2 Å². The van der Waals surface area contributed by atoms with Crippen LogP contribution in [0.4, 0.5) is 4.39 Å². The molecular formula is C15H24FNO2. The zero-order valence-electron chi connectivity index (χ0n) is 12.2. The van der Waals surface area contributed by atoms with Crippen LogP contribution in [0.2, 0.25) is 0 Å². The molecule has 0 saturated carbocycles. The van der Waals surface area contributed by atoms with Crippen LogP contribution in [0.25, 0.3) is 0 Å². The average molecular weight is 269 g/mol. The van der Waals surface area contributed by atoms with Gasteiger partial charge in [-0.05, 0) is 25.8 Å². The van der Waals surface area contributed by atoms with Gasteiger partial charge in [0.2, 0.25) is 0 Å². The number of methoxy groups -OCH3 is 1. The smallest absolute Gasteiger partial charge is 0.169 e. The van der Waals surface area contributed by atoms with Gasteiger partial charge in [-0.25, -0.2) is 4.39 Å². The lowest BCUT2D eigenvalue weighted by Crippen LogP contribution is -2.43. The van der Waals surface area contributed by atoms with Gasteiger partial charge in [-0.1, -0.05) is 26.0 Å². The Kier molecular flexibility index (Phi) is 5.76. The van der Waals surface area contributed by atoms with Gasteiger partial charge in [-0.15, -0.1) is 0 Å². The Labute approximate surface area is 114 Å². The van der Waals surface area contributed by atoms with Gasteiger partial charge in [-0.3, -0.25) is 0 Å². The molecule has 0 bridgehead atoms. The zero-order chi connectivity index (χ0) is 14.5. The topological polar surface area (TPSA) is 44.5 Å². The largest absolute Gasteiger partial charge is 0.494 e. The Hall–Kier alpha value is -1.13. The van der Waals surface area contributed by atoms with Crippen molar-refractivity contribution in [3.63, 3.8) is 0 Å². The standard InChI is InChI=1S/C15H24FNO2/c1-5-15(6-2,19-7-3)14(17)11-9-8-10-12(18-4)13(11)16/h8-10,14H,5-7,17H2,1-4H3. The maximum absolute atomic E-state index is 14.3. The lowest BCUT2D eigenvalue weighted by atomic mass is 9.84. The summed E-state index contributed by atoms with van der Waals surface area (Å²) in [6, 6.07) is 4.52. The maximum atomic E-state index is 14.3. The first-order valence-corrected chi connectivity index (χ1v) is 6.78. The Morgan fingerprint density at radius 1 is 1.26 bits per heavy atom. The average Bonchev–Trinajstić information content (AvgIpc) is 2.44. The minimum atomic E-state index is -0.540. The van der Waals surface area contributed by atoms with E-state index in [9.17, 15) is 4.39 Å². The molecule has 0 aliphatic heterocycles. The quantitative estimate of drug-likeness (QED) is 0.824. The number of halogens is 1. The molecule has 3 nitrogen and oxygen atoms in total. The van der Waals surface area contributed by atoms with Crippen LogP contribution in [-0.2, 0) is 4.74 Å². The van der Waals surface area contributed by atoms with Crippen LogP contribution >= 0.6 is 0 Å². The van der Waals surface area contributed by atoms with Crippen molar-refractivity contribution < 1.29 is 13.9 Å². The molecule has 0 fully saturated rings. The van der Waals surface area contributed by atoms with Crippen LogP contribution in [-0.4, -0.2) is 19.3 Å². The molecule has 0 saturated heterocycles. The number of nitrogens with two attached hydrogens (primary N) is 1. The second kappa shape index (κ2) is 6.87. The van der Waals surface area contributed by atoms with E-state index in [0.717, 1.165) is 12.8 Å². The molecule has 1 unspecified atom stereocenters. The first-order chi connectivity index (χ1) is 9.06. The monoisotopic (exact) mass is 269 g/mol. The van der Waals surface area contributed by atoms with E-state index >= 15 is 0 Å². The van der Waals surface area contributed by atoms with Crippen molar-refractivity contribution in [2.24, 2.45) is 5.73 Å². The van der Waals surface area contributed by atoms with E-state index in [1.54, 1.807) is 18.2 Å². The van der Waals surface area contributed by atoms with E-state index in [1.165, 1.54) is 7.11 Å². The minimum Gasteiger partial charge on any atom is -0.494 e. The predicted octanol–water partition coefficient (Wildman–Crippen LogP) is 3.43. The lowest BCUT2D eigenvalue weighted by Gasteiger charge is -2.37. The van der Waals surface area contributed by atoms with Crippen LogP contribution in [0, 0.1) is 5.82 Å². The van der Waals surface area contributed by atoms with Gasteiger partial charge in [0.25, 0.3) is 0 Å². The zero-order valence-corrected chi connectivity index (χ0v) is 12.2. The van der Waals surface area contributed by atoms with Gasteiger partial charge >= 0.3 is 0 Å². The fourth-order valence-electron chi connectivity index (χ4n) is 2.48. The molecular weight excluding hydrogens is 245 g/mol. The number of hydrogen-bond donors (Lipinski definition) is 1. The highest BCUT2D eigenvalue weighted by atomic mass is 19.1. The van der Waals surface area contributed by atoms with Gasteiger partial charge in [0, 0.05) is 12.2 Å². The van der Waals surface area contributed by atoms with Crippen molar-refractivity contribution in [1.82, 2.24) is 0 Å². The predicted molar refractivity (Wildman–Crippen MR) is 74.8 cm³/mol. The van der Waals surface area contributed by atoms with Gasteiger partial charge < -0.3 is 15.2 Å². The Morgan fingerprint density at radius 3 is 2.37 bits per heavy atom. The minimum absolute atomic E-state index is 0.213. The third-order valence-electron chi connectivity index (χ3n) is 3.74. The van der Waals surface area contributed by atoms with Crippen molar-refractivity contribution >= 4 is 0 Å². The Bertz CT molecular complexity index is 405. The molecule has 0 aromatic heterocycles. The second-order valence-corrected chi connectivity index (χ2v) is 4.55. The maximum Gasteiger partial charge on any atom is 0.169 e. The van der Waals surface area contributed by atoms with Gasteiger partial charge in [0.1, 0.15) is 0 Å². The Balaban J connectivity index is 3.19. The van der Waals surface area contributed by atoms with Gasteiger partial charge in [-0.2, -0.15) is 0 Å². The fourth-order valence-corrected chi connectivity index (χ4v) is 2.48. The van der Waals surface area contributed by atoms with Crippen LogP contribution in [0.1, 0.15) is 45.2 Å². The lowest BCUT2D eigenvalue weighted by molar-refractivity contribution is -0.0652. The third kappa shape index (κ3) is 3.07. The second-order valence-electron chi connectivity index (χ2n) is 4.55. The van der Waals surface area contributed by atoms with Crippen molar-refractivity contribution in [2.45, 2.75) is 45.3 Å². The van der Waals surface area contributed by atoms with E-state index < -0.39 is 17.5 Å². The highest BCUT2D eigenvalue weighted by Gasteiger charge is 2.36. The molecule has 0 heterocycles. The van der Waals surface area contributed by atoms with E-state index in [1.807, 2.05) is 20.8 Å². The third-order valence-corrected chi connectivity index (χ3v) is 3.74. The summed E-state index contributed by atoms with van der Waals surface area (Å²) in [5.74, 6) is -0.186. The number of hydrogen-bond acceptors (Lipinski definition) is 3. The van der Waals surface area contributed by atoms with Crippen LogP contribution in [0.5, 0.6) is 5.75 Å². The summed E-state index contributed by atoms with van der Waals surface area (Å²) in [5.41, 5.74) is 6.19. The summed E-state index contributed by atoms with van der Waals surface area (Å²) >= 11 is 0.